The van der Waals surface area contributed by atoms with Crippen LogP contribution < -0.4 is 9.47 Å². The normalized spacial score (nSPS) is 18.3. The van der Waals surface area contributed by atoms with Crippen LogP contribution in [0.15, 0.2) is 76.0 Å². The smallest absolute Gasteiger partial charge is 0.303 e. The van der Waals surface area contributed by atoms with Crippen molar-refractivity contribution in [1.29, 1.82) is 0 Å². The molecule has 0 fully saturated rings. The number of aromatic nitrogens is 1. The highest BCUT2D eigenvalue weighted by molar-refractivity contribution is 7.85. The highest BCUT2D eigenvalue weighted by Gasteiger charge is 2.43. The first-order valence-electron chi connectivity index (χ1n) is 13.8. The Hall–Kier alpha value is -3.80. The first-order chi connectivity index (χ1) is 19.8. The predicted octanol–water partition coefficient (Wildman–Crippen LogP) is 5.22. The summed E-state index contributed by atoms with van der Waals surface area (Å²) in [6, 6.07) is 12.2. The Kier molecular flexibility index (Phi) is 7.86. The van der Waals surface area contributed by atoms with E-state index in [2.05, 4.69) is 4.57 Å². The summed E-state index contributed by atoms with van der Waals surface area (Å²) in [5.41, 5.74) is 2.65. The molecule has 0 spiro atoms. The summed E-state index contributed by atoms with van der Waals surface area (Å²) < 4.78 is 38.5. The fourth-order valence-corrected chi connectivity index (χ4v) is 7.36. The number of carbonyl (C=O) groups excluding carboxylic acids is 1. The lowest BCUT2D eigenvalue weighted by Gasteiger charge is -2.29. The number of aliphatic hydroxyl groups is 1. The molecule has 1 aliphatic carbocycles. The molecule has 0 bridgehead atoms. The predicted molar refractivity (Wildman–Crippen MR) is 159 cm³/mol. The molecule has 0 amide bonds. The number of carbonyl (C=O) groups is 2. The number of carboxylic acids is 1. The number of unbranched alkanes of at least 4 members (excludes halogenated alkanes) is 2. The number of rotatable bonds is 10. The third kappa shape index (κ3) is 5.28. The molecule has 0 radical (unpaired) electrons. The van der Waals surface area contributed by atoms with Gasteiger partial charge in [-0.3, -0.25) is 9.59 Å². The molecule has 2 N–H and O–H groups in total. The monoisotopic (exact) mass is 608 g/mol. The van der Waals surface area contributed by atoms with E-state index < -0.39 is 21.5 Å². The lowest BCUT2D eigenvalue weighted by molar-refractivity contribution is -0.665. The van der Waals surface area contributed by atoms with Gasteiger partial charge in [-0.2, -0.15) is 4.57 Å². The number of hydrogen-bond donors (Lipinski definition) is 2. The number of benzene rings is 2. The van der Waals surface area contributed by atoms with Crippen molar-refractivity contribution in [3.8, 4) is 0 Å². The number of hydrogen-bond acceptors (Lipinski definition) is 8. The molecule has 0 unspecified atom stereocenters. The third-order valence-electron chi connectivity index (χ3n) is 7.93. The van der Waals surface area contributed by atoms with Gasteiger partial charge in [-0.25, -0.2) is 8.42 Å². The zero-order chi connectivity index (χ0) is 30.4. The first kappa shape index (κ1) is 29.7. The molecule has 3 aromatic rings. The van der Waals surface area contributed by atoms with Crippen molar-refractivity contribution in [2.45, 2.75) is 63.3 Å². The minimum Gasteiger partial charge on any atom is -0.744 e. The minimum atomic E-state index is -4.68. The van der Waals surface area contributed by atoms with E-state index >= 15 is 0 Å². The summed E-state index contributed by atoms with van der Waals surface area (Å²) in [5.74, 6) is -1.26. The van der Waals surface area contributed by atoms with Crippen LogP contribution in [0.4, 0.5) is 5.69 Å². The van der Waals surface area contributed by atoms with Crippen LogP contribution in [0.1, 0.15) is 57.0 Å². The number of anilines is 1. The second kappa shape index (κ2) is 11.1. The molecule has 0 saturated carbocycles. The number of allylic oxidation sites excluding steroid dienone is 4. The Labute approximate surface area is 248 Å². The molecule has 11 heteroatoms. The van der Waals surface area contributed by atoms with Crippen LogP contribution >= 0.6 is 11.3 Å². The van der Waals surface area contributed by atoms with Crippen molar-refractivity contribution in [2.75, 3.05) is 11.4 Å². The molecule has 2 aliphatic rings. The summed E-state index contributed by atoms with van der Waals surface area (Å²) in [6.07, 6.45) is 5.25. The third-order valence-corrected chi connectivity index (χ3v) is 9.87. The highest BCUT2D eigenvalue weighted by Crippen LogP contribution is 2.49. The van der Waals surface area contributed by atoms with Gasteiger partial charge in [0.2, 0.25) is 11.3 Å². The number of thiazole rings is 1. The van der Waals surface area contributed by atoms with Crippen LogP contribution in [0.2, 0.25) is 0 Å². The molecular formula is C31H32N2O7S2. The highest BCUT2D eigenvalue weighted by atomic mass is 32.2. The van der Waals surface area contributed by atoms with Gasteiger partial charge in [0.05, 0.1) is 16.0 Å². The Balaban J connectivity index is 1.53. The Bertz CT molecular complexity index is 1810. The summed E-state index contributed by atoms with van der Waals surface area (Å²) in [6.45, 7) is 6.96. The molecule has 0 atom stereocenters. The SMILES string of the molecule is CC[n+]1c(C=C2C(=O)C(C=C3N(CCCCCC(=O)O)c4ccc(S(=O)(=O)[O-])cc4C3(C)C)=C2O)sc2ccccc21. The minimum absolute atomic E-state index is 0.0672. The summed E-state index contributed by atoms with van der Waals surface area (Å²) >= 11 is 1.54. The van der Waals surface area contributed by atoms with Gasteiger partial charge in [0, 0.05) is 41.9 Å². The maximum atomic E-state index is 13.4. The van der Waals surface area contributed by atoms with E-state index in [1.165, 1.54) is 23.5 Å². The van der Waals surface area contributed by atoms with E-state index in [1.54, 1.807) is 18.2 Å². The topological polar surface area (TPSA) is 139 Å². The number of fused-ring (bicyclic) bond motifs is 2. The first-order valence-corrected chi connectivity index (χ1v) is 16.0. The second-order valence-corrected chi connectivity index (χ2v) is 13.4. The lowest BCUT2D eigenvalue weighted by Crippen LogP contribution is -2.34. The van der Waals surface area contributed by atoms with Crippen LogP contribution in [-0.4, -0.2) is 41.5 Å². The largest absolute Gasteiger partial charge is 0.744 e. The number of aryl methyl sites for hydroxylation is 1. The molecule has 1 aromatic heterocycles. The van der Waals surface area contributed by atoms with Crippen molar-refractivity contribution < 1.29 is 37.3 Å². The Morgan fingerprint density at radius 1 is 1.12 bits per heavy atom. The fraction of sp³-hybridized carbons (Fsp3) is 0.323. The molecule has 220 valence electrons. The Morgan fingerprint density at radius 3 is 2.52 bits per heavy atom. The van der Waals surface area contributed by atoms with Crippen LogP contribution in [-0.2, 0) is 31.7 Å². The number of Topliss-reactive ketones (excluding diaryl/α,β-unsaturated/α-hetero) is 1. The van der Waals surface area contributed by atoms with E-state index in [-0.39, 0.29) is 34.0 Å². The second-order valence-electron chi connectivity index (χ2n) is 10.9. The Morgan fingerprint density at radius 2 is 1.86 bits per heavy atom. The maximum Gasteiger partial charge on any atom is 0.303 e. The van der Waals surface area contributed by atoms with Gasteiger partial charge in [0.25, 0.3) is 5.01 Å². The van der Waals surface area contributed by atoms with Crippen LogP contribution in [0.25, 0.3) is 16.3 Å². The van der Waals surface area contributed by atoms with Crippen molar-refractivity contribution in [2.24, 2.45) is 0 Å². The van der Waals surface area contributed by atoms with Crippen LogP contribution in [0, 0.1) is 0 Å². The number of nitrogens with zero attached hydrogens (tertiary/aromatic N) is 2. The fourth-order valence-electron chi connectivity index (χ4n) is 5.69. The molecule has 2 aromatic carbocycles. The maximum absolute atomic E-state index is 13.4. The summed E-state index contributed by atoms with van der Waals surface area (Å²) in [5, 5.41) is 20.9. The van der Waals surface area contributed by atoms with Gasteiger partial charge in [-0.1, -0.05) is 43.7 Å². The molecule has 9 nitrogen and oxygen atoms in total. The molecule has 5 rings (SSSR count). The number of aliphatic carboxylic acids is 1. The van der Waals surface area contributed by atoms with E-state index in [1.807, 2.05) is 49.9 Å². The van der Waals surface area contributed by atoms with Gasteiger partial charge in [-0.05, 0) is 55.7 Å². The van der Waals surface area contributed by atoms with Gasteiger partial charge in [-0.15, -0.1) is 0 Å². The van der Waals surface area contributed by atoms with Gasteiger partial charge < -0.3 is 19.7 Å². The number of para-hydroxylation sites is 1. The molecule has 2 heterocycles. The lowest BCUT2D eigenvalue weighted by atomic mass is 9.80. The van der Waals surface area contributed by atoms with E-state index in [4.69, 9.17) is 5.11 Å². The zero-order valence-corrected chi connectivity index (χ0v) is 25.2. The summed E-state index contributed by atoms with van der Waals surface area (Å²) in [4.78, 5) is 25.9. The van der Waals surface area contributed by atoms with Crippen molar-refractivity contribution >= 4 is 55.2 Å². The van der Waals surface area contributed by atoms with Gasteiger partial charge in [0.15, 0.2) is 0 Å². The average molecular weight is 609 g/mol. The number of aliphatic hydroxyl groups excluding tert-OH is 1. The number of ketones is 1. The molecule has 1 aliphatic heterocycles. The van der Waals surface area contributed by atoms with Crippen molar-refractivity contribution in [3.63, 3.8) is 0 Å². The van der Waals surface area contributed by atoms with E-state index in [0.29, 0.717) is 49.3 Å². The standard InChI is InChI=1S/C31H32N2O7S2/c1-4-32-24-10-7-8-11-25(24)41-27(32)18-21-29(36)20(30(21)37)17-26-31(2,3)22-16-19(42(38,39)40)13-14-23(22)33(26)15-9-5-6-12-28(34)35/h7-8,10-11,13-14,16-18H,4-6,9,12,15H2,1-3H3,(H2-,34,35,36,37,38,39,40). The number of carboxylic acid groups (broad SMARTS) is 1. The summed E-state index contributed by atoms with van der Waals surface area (Å²) in [7, 11) is -4.68. The quantitative estimate of drug-likeness (QED) is 0.138. The van der Waals surface area contributed by atoms with E-state index in [9.17, 15) is 27.7 Å². The van der Waals surface area contributed by atoms with Gasteiger partial charge in [0.1, 0.15) is 27.1 Å². The molecular weight excluding hydrogens is 576 g/mol. The van der Waals surface area contributed by atoms with Gasteiger partial charge >= 0.3 is 5.97 Å². The van der Waals surface area contributed by atoms with Crippen molar-refractivity contribution in [1.82, 2.24) is 0 Å². The average Bonchev–Trinajstić information content (AvgIpc) is 3.40. The van der Waals surface area contributed by atoms with Crippen LogP contribution in [0.5, 0.6) is 0 Å². The van der Waals surface area contributed by atoms with E-state index in [0.717, 1.165) is 15.2 Å². The molecule has 42 heavy (non-hydrogen) atoms. The van der Waals surface area contributed by atoms with Crippen LogP contribution in [0.3, 0.4) is 0 Å². The zero-order valence-electron chi connectivity index (χ0n) is 23.6. The van der Waals surface area contributed by atoms with Crippen molar-refractivity contribution in [3.05, 3.63) is 81.7 Å². The molecule has 0 saturated heterocycles.